The second-order valence-electron chi connectivity index (χ2n) is 5.06. The maximum Gasteiger partial charge on any atom is 0.326 e. The molecule has 1 N–H and O–H groups in total. The number of tetrazole rings is 1. The molecule has 1 aliphatic heterocycles. The molecular formula is C12H16N6O2. The van der Waals surface area contributed by atoms with E-state index in [0.717, 1.165) is 12.8 Å². The van der Waals surface area contributed by atoms with Crippen LogP contribution in [0.5, 0.6) is 0 Å². The van der Waals surface area contributed by atoms with Crippen LogP contribution in [-0.4, -0.2) is 48.9 Å². The monoisotopic (exact) mass is 276 g/mol. The Kier molecular flexibility index (Phi) is 3.21. The summed E-state index contributed by atoms with van der Waals surface area (Å²) in [5, 5.41) is 24.8. The highest BCUT2D eigenvalue weighted by Crippen LogP contribution is 2.28. The minimum absolute atomic E-state index is 0.462. The number of hydrogen-bond acceptors (Lipinski definition) is 6. The van der Waals surface area contributed by atoms with Gasteiger partial charge in [0.25, 0.3) is 0 Å². The summed E-state index contributed by atoms with van der Waals surface area (Å²) < 4.78 is 1.32. The van der Waals surface area contributed by atoms with Crippen molar-refractivity contribution in [3.8, 4) is 0 Å². The lowest BCUT2D eigenvalue weighted by Gasteiger charge is -2.37. The highest BCUT2D eigenvalue weighted by Gasteiger charge is 2.33. The van der Waals surface area contributed by atoms with E-state index < -0.39 is 12.0 Å². The van der Waals surface area contributed by atoms with Crippen molar-refractivity contribution in [3.05, 3.63) is 12.1 Å². The van der Waals surface area contributed by atoms with Crippen molar-refractivity contribution in [2.75, 3.05) is 11.4 Å². The Labute approximate surface area is 115 Å². The first-order valence-corrected chi connectivity index (χ1v) is 6.74. The zero-order chi connectivity index (χ0) is 14.1. The third kappa shape index (κ3) is 2.17. The van der Waals surface area contributed by atoms with E-state index in [4.69, 9.17) is 0 Å². The van der Waals surface area contributed by atoms with E-state index in [1.807, 2.05) is 4.90 Å². The van der Waals surface area contributed by atoms with E-state index in [0.29, 0.717) is 30.3 Å². The molecule has 0 saturated carbocycles. The molecular weight excluding hydrogens is 260 g/mol. The first kappa shape index (κ1) is 12.8. The minimum Gasteiger partial charge on any atom is -0.480 e. The Morgan fingerprint density at radius 2 is 2.35 bits per heavy atom. The van der Waals surface area contributed by atoms with Gasteiger partial charge in [-0.15, -0.1) is 14.8 Å². The van der Waals surface area contributed by atoms with Gasteiger partial charge in [0.1, 0.15) is 6.04 Å². The summed E-state index contributed by atoms with van der Waals surface area (Å²) in [5.74, 6) is 0.262. The van der Waals surface area contributed by atoms with Gasteiger partial charge in [-0.3, -0.25) is 0 Å². The van der Waals surface area contributed by atoms with Crippen molar-refractivity contribution in [2.45, 2.75) is 32.2 Å². The molecule has 1 fully saturated rings. The van der Waals surface area contributed by atoms with Crippen molar-refractivity contribution in [3.63, 3.8) is 0 Å². The third-order valence-electron chi connectivity index (χ3n) is 3.92. The quantitative estimate of drug-likeness (QED) is 0.876. The molecule has 2 atom stereocenters. The Morgan fingerprint density at radius 1 is 1.50 bits per heavy atom. The number of carboxylic acids is 1. The molecule has 2 aromatic heterocycles. The molecule has 1 aliphatic rings. The number of nitrogens with zero attached hydrogens (tertiary/aromatic N) is 6. The number of carboxylic acid groups (broad SMARTS) is 1. The molecule has 8 heteroatoms. The van der Waals surface area contributed by atoms with E-state index in [1.54, 1.807) is 12.1 Å². The predicted octanol–water partition coefficient (Wildman–Crippen LogP) is 0.599. The van der Waals surface area contributed by atoms with Crippen LogP contribution in [0.4, 0.5) is 5.82 Å². The van der Waals surface area contributed by atoms with E-state index in [2.05, 4.69) is 27.5 Å². The summed E-state index contributed by atoms with van der Waals surface area (Å²) in [5.41, 5.74) is 0.545. The van der Waals surface area contributed by atoms with Crippen LogP contribution in [0.15, 0.2) is 12.1 Å². The number of aliphatic carboxylic acids is 1. The molecule has 0 bridgehead atoms. The van der Waals surface area contributed by atoms with Gasteiger partial charge in [0.15, 0.2) is 11.5 Å². The summed E-state index contributed by atoms with van der Waals surface area (Å²) in [7, 11) is 0. The fourth-order valence-electron chi connectivity index (χ4n) is 2.71. The Bertz CT molecular complexity index is 627. The molecule has 2 aromatic rings. The Morgan fingerprint density at radius 3 is 3.10 bits per heavy atom. The van der Waals surface area contributed by atoms with Crippen LogP contribution in [0.2, 0.25) is 0 Å². The van der Waals surface area contributed by atoms with Crippen molar-refractivity contribution in [1.29, 1.82) is 0 Å². The van der Waals surface area contributed by atoms with E-state index in [-0.39, 0.29) is 0 Å². The third-order valence-corrected chi connectivity index (χ3v) is 3.92. The second-order valence-corrected chi connectivity index (χ2v) is 5.06. The molecule has 0 aliphatic carbocycles. The minimum atomic E-state index is -0.804. The van der Waals surface area contributed by atoms with Crippen molar-refractivity contribution < 1.29 is 9.90 Å². The van der Waals surface area contributed by atoms with Crippen LogP contribution in [-0.2, 0) is 4.79 Å². The van der Waals surface area contributed by atoms with E-state index in [1.165, 1.54) is 4.63 Å². The Balaban J connectivity index is 1.92. The smallest absolute Gasteiger partial charge is 0.326 e. The van der Waals surface area contributed by atoms with E-state index in [9.17, 15) is 9.90 Å². The van der Waals surface area contributed by atoms with Crippen molar-refractivity contribution in [2.24, 2.45) is 5.92 Å². The zero-order valence-corrected chi connectivity index (χ0v) is 11.2. The molecule has 3 heterocycles. The largest absolute Gasteiger partial charge is 0.480 e. The van der Waals surface area contributed by atoms with Crippen LogP contribution in [0.1, 0.15) is 26.2 Å². The number of anilines is 1. The molecule has 106 valence electrons. The number of hydrogen-bond donors (Lipinski definition) is 1. The number of rotatable bonds is 3. The zero-order valence-electron chi connectivity index (χ0n) is 11.2. The summed E-state index contributed by atoms with van der Waals surface area (Å²) >= 11 is 0. The summed E-state index contributed by atoms with van der Waals surface area (Å²) in [4.78, 5) is 13.3. The molecule has 0 aromatic carbocycles. The fraction of sp³-hybridized carbons (Fsp3) is 0.583. The number of piperidine rings is 1. The predicted molar refractivity (Wildman–Crippen MR) is 70.4 cm³/mol. The van der Waals surface area contributed by atoms with Gasteiger partial charge in [0.2, 0.25) is 0 Å². The van der Waals surface area contributed by atoms with E-state index >= 15 is 0 Å². The van der Waals surface area contributed by atoms with Gasteiger partial charge in [-0.1, -0.05) is 13.3 Å². The van der Waals surface area contributed by atoms with Crippen molar-refractivity contribution >= 4 is 17.4 Å². The van der Waals surface area contributed by atoms with Gasteiger partial charge < -0.3 is 10.0 Å². The maximum atomic E-state index is 11.5. The van der Waals surface area contributed by atoms with Gasteiger partial charge in [-0.05, 0) is 41.3 Å². The maximum absolute atomic E-state index is 11.5. The average Bonchev–Trinajstić information content (AvgIpc) is 2.93. The molecule has 0 amide bonds. The lowest BCUT2D eigenvalue weighted by molar-refractivity contribution is -0.139. The number of aromatic nitrogens is 5. The number of fused-ring (bicyclic) bond motifs is 1. The van der Waals surface area contributed by atoms with Crippen molar-refractivity contribution in [1.82, 2.24) is 25.3 Å². The van der Waals surface area contributed by atoms with Gasteiger partial charge >= 0.3 is 5.97 Å². The SMILES string of the molecule is CCC1CCN(c2ccc3nnnn3n2)C(C(=O)O)C1. The van der Waals surface area contributed by atoms with Gasteiger partial charge in [0.05, 0.1) is 0 Å². The lowest BCUT2D eigenvalue weighted by Crippen LogP contribution is -2.47. The van der Waals surface area contributed by atoms with Crippen LogP contribution < -0.4 is 4.90 Å². The summed E-state index contributed by atoms with van der Waals surface area (Å²) in [6, 6.07) is 2.98. The van der Waals surface area contributed by atoms with Crippen LogP contribution in [0, 0.1) is 5.92 Å². The van der Waals surface area contributed by atoms with Gasteiger partial charge in [-0.25, -0.2) is 4.79 Å². The van der Waals surface area contributed by atoms with Gasteiger partial charge in [-0.2, -0.15) is 0 Å². The molecule has 0 spiro atoms. The summed E-state index contributed by atoms with van der Waals surface area (Å²) in [6.45, 7) is 2.79. The van der Waals surface area contributed by atoms with Gasteiger partial charge in [0, 0.05) is 6.54 Å². The highest BCUT2D eigenvalue weighted by atomic mass is 16.4. The van der Waals surface area contributed by atoms with Crippen LogP contribution >= 0.6 is 0 Å². The molecule has 0 radical (unpaired) electrons. The first-order chi connectivity index (χ1) is 9.69. The first-order valence-electron chi connectivity index (χ1n) is 6.74. The second kappa shape index (κ2) is 5.03. The average molecular weight is 276 g/mol. The van der Waals surface area contributed by atoms with Crippen LogP contribution in [0.3, 0.4) is 0 Å². The lowest BCUT2D eigenvalue weighted by atomic mass is 9.89. The summed E-state index contributed by atoms with van der Waals surface area (Å²) in [6.07, 6.45) is 2.65. The standard InChI is InChI=1S/C12H16N6O2/c1-2-8-5-6-17(9(7-8)12(19)20)11-4-3-10-13-15-16-18(10)14-11/h3-4,8-9H,2,5-7H2,1H3,(H,19,20). The Hall–Kier alpha value is -2.25. The topological polar surface area (TPSA) is 96.5 Å². The molecule has 2 unspecified atom stereocenters. The molecule has 8 nitrogen and oxygen atoms in total. The fourth-order valence-corrected chi connectivity index (χ4v) is 2.71. The number of carbonyl (C=O) groups is 1. The van der Waals surface area contributed by atoms with Crippen LogP contribution in [0.25, 0.3) is 5.65 Å². The normalized spacial score (nSPS) is 23.1. The molecule has 20 heavy (non-hydrogen) atoms. The molecule has 1 saturated heterocycles. The highest BCUT2D eigenvalue weighted by molar-refractivity contribution is 5.78. The molecule has 3 rings (SSSR count).